The fourth-order valence-corrected chi connectivity index (χ4v) is 4.25. The fraction of sp³-hybridized carbons (Fsp3) is 0.750. The average Bonchev–Trinajstić information content (AvgIpc) is 2.97. The van der Waals surface area contributed by atoms with Crippen molar-refractivity contribution in [3.05, 3.63) is 15.6 Å². The average molecular weight is 425 g/mol. The number of ether oxygens (including phenoxy) is 1. The van der Waals surface area contributed by atoms with Crippen LogP contribution < -0.4 is 10.6 Å². The monoisotopic (exact) mass is 424 g/mol. The minimum absolute atomic E-state index is 0.0470. The number of likely N-dealkylation sites (N-methyl/N-ethyl adjacent to an activating group) is 1. The minimum atomic E-state index is -0.303. The van der Waals surface area contributed by atoms with Crippen LogP contribution in [0.1, 0.15) is 53.1 Å². The predicted molar refractivity (Wildman–Crippen MR) is 119 cm³/mol. The topological polar surface area (TPSA) is 82.1 Å². The van der Waals surface area contributed by atoms with Gasteiger partial charge in [0.05, 0.1) is 18.3 Å². The van der Waals surface area contributed by atoms with Crippen LogP contribution in [0.25, 0.3) is 0 Å². The molecule has 0 amide bonds. The van der Waals surface area contributed by atoms with E-state index in [1.807, 2.05) is 13.8 Å². The minimum Gasteiger partial charge on any atom is -0.462 e. The first-order valence-electron chi connectivity index (χ1n) is 10.5. The molecule has 164 valence electrons. The van der Waals surface area contributed by atoms with Crippen LogP contribution in [0, 0.1) is 6.92 Å². The summed E-state index contributed by atoms with van der Waals surface area (Å²) >= 11 is 1.38. The van der Waals surface area contributed by atoms with E-state index in [0.717, 1.165) is 43.6 Å². The Hall–Kier alpha value is -1.71. The summed E-state index contributed by atoms with van der Waals surface area (Å²) in [4.78, 5) is 26.4. The number of nitrogens with one attached hydrogen (secondary N) is 2. The van der Waals surface area contributed by atoms with Gasteiger partial charge in [-0.15, -0.1) is 11.3 Å². The lowest BCUT2D eigenvalue weighted by atomic mass is 10.3. The Morgan fingerprint density at radius 2 is 2.14 bits per heavy atom. The Kier molecular flexibility index (Phi) is 9.83. The van der Waals surface area contributed by atoms with Crippen LogP contribution in [0.15, 0.2) is 4.99 Å². The molecule has 2 N–H and O–H groups in total. The number of hydrogen-bond acceptors (Lipinski definition) is 7. The fourth-order valence-electron chi connectivity index (χ4n) is 3.28. The quantitative estimate of drug-likeness (QED) is 0.285. The maximum atomic E-state index is 12.0. The van der Waals surface area contributed by atoms with Gasteiger partial charge in [0.1, 0.15) is 9.88 Å². The number of rotatable bonds is 8. The molecule has 8 nitrogen and oxygen atoms in total. The third kappa shape index (κ3) is 7.56. The Balaban J connectivity index is 1.77. The second kappa shape index (κ2) is 12.1. The van der Waals surface area contributed by atoms with Gasteiger partial charge < -0.3 is 25.2 Å². The van der Waals surface area contributed by atoms with Crippen molar-refractivity contribution in [3.8, 4) is 0 Å². The molecule has 29 heavy (non-hydrogen) atoms. The van der Waals surface area contributed by atoms with Gasteiger partial charge in [0.25, 0.3) is 0 Å². The van der Waals surface area contributed by atoms with Crippen molar-refractivity contribution >= 4 is 23.3 Å². The number of guanidine groups is 1. The summed E-state index contributed by atoms with van der Waals surface area (Å²) in [5, 5.41) is 7.60. The standard InChI is InChI=1S/C20H36N6O2S/c1-6-28-19(27)17-15(2)23-18(29-17)16(3)24-20(21-4)22-9-7-11-26-12-8-10-25(5)13-14-26/h16H,6-14H2,1-5H3,(H2,21,22,24). The van der Waals surface area contributed by atoms with Crippen LogP contribution >= 0.6 is 11.3 Å². The summed E-state index contributed by atoms with van der Waals surface area (Å²) in [5.41, 5.74) is 0.711. The van der Waals surface area contributed by atoms with E-state index >= 15 is 0 Å². The van der Waals surface area contributed by atoms with Gasteiger partial charge in [-0.25, -0.2) is 9.78 Å². The smallest absolute Gasteiger partial charge is 0.350 e. The Morgan fingerprint density at radius 1 is 1.34 bits per heavy atom. The van der Waals surface area contributed by atoms with Gasteiger partial charge in [0.15, 0.2) is 5.96 Å². The molecule has 0 saturated carbocycles. The summed E-state index contributed by atoms with van der Waals surface area (Å²) in [6.45, 7) is 12.7. The summed E-state index contributed by atoms with van der Waals surface area (Å²) in [5.74, 6) is 0.446. The van der Waals surface area contributed by atoms with Crippen LogP contribution in [-0.2, 0) is 4.74 Å². The van der Waals surface area contributed by atoms with E-state index in [9.17, 15) is 4.79 Å². The van der Waals surface area contributed by atoms with Gasteiger partial charge in [-0.05, 0) is 60.3 Å². The number of thiazole rings is 1. The molecular formula is C20H36N6O2S. The summed E-state index contributed by atoms with van der Waals surface area (Å²) in [7, 11) is 3.96. The van der Waals surface area contributed by atoms with Crippen LogP contribution in [-0.4, -0.2) is 86.7 Å². The molecule has 1 aliphatic heterocycles. The van der Waals surface area contributed by atoms with E-state index in [2.05, 4.69) is 37.5 Å². The molecule has 1 unspecified atom stereocenters. The Morgan fingerprint density at radius 3 is 2.86 bits per heavy atom. The van der Waals surface area contributed by atoms with Gasteiger partial charge in [0.2, 0.25) is 0 Å². The van der Waals surface area contributed by atoms with Crippen molar-refractivity contribution in [2.24, 2.45) is 4.99 Å². The highest BCUT2D eigenvalue weighted by atomic mass is 32.1. The first-order valence-corrected chi connectivity index (χ1v) is 11.3. The highest BCUT2D eigenvalue weighted by Crippen LogP contribution is 2.24. The van der Waals surface area contributed by atoms with Crippen LogP contribution in [0.2, 0.25) is 0 Å². The van der Waals surface area contributed by atoms with Crippen molar-refractivity contribution in [1.82, 2.24) is 25.4 Å². The zero-order chi connectivity index (χ0) is 21.2. The number of aryl methyl sites for hydroxylation is 1. The zero-order valence-corrected chi connectivity index (χ0v) is 19.3. The number of aliphatic imine (C=N–C) groups is 1. The van der Waals surface area contributed by atoms with E-state index in [1.165, 1.54) is 30.8 Å². The van der Waals surface area contributed by atoms with Crippen LogP contribution in [0.5, 0.6) is 0 Å². The van der Waals surface area contributed by atoms with Crippen LogP contribution in [0.4, 0.5) is 0 Å². The summed E-state index contributed by atoms with van der Waals surface area (Å²) in [6, 6.07) is -0.0470. The van der Waals surface area contributed by atoms with Gasteiger partial charge in [0, 0.05) is 26.7 Å². The largest absolute Gasteiger partial charge is 0.462 e. The second-order valence-electron chi connectivity index (χ2n) is 7.40. The first kappa shape index (κ1) is 23.6. The molecule has 9 heteroatoms. The number of nitrogens with zero attached hydrogens (tertiary/aromatic N) is 4. The molecule has 0 bridgehead atoms. The van der Waals surface area contributed by atoms with Crippen molar-refractivity contribution in [2.45, 2.75) is 39.7 Å². The molecule has 0 radical (unpaired) electrons. The third-order valence-electron chi connectivity index (χ3n) is 4.98. The summed E-state index contributed by atoms with van der Waals surface area (Å²) in [6.07, 6.45) is 2.31. The zero-order valence-electron chi connectivity index (χ0n) is 18.5. The lowest BCUT2D eigenvalue weighted by molar-refractivity contribution is 0.0531. The highest BCUT2D eigenvalue weighted by Gasteiger charge is 2.20. The number of carbonyl (C=O) groups is 1. The predicted octanol–water partition coefficient (Wildman–Crippen LogP) is 1.88. The maximum Gasteiger partial charge on any atom is 0.350 e. The molecule has 1 saturated heterocycles. The van der Waals surface area contributed by atoms with E-state index in [-0.39, 0.29) is 12.0 Å². The molecule has 1 aromatic heterocycles. The third-order valence-corrected chi connectivity index (χ3v) is 6.30. The normalized spacial score (nSPS) is 17.6. The second-order valence-corrected chi connectivity index (χ2v) is 8.43. The molecule has 1 aliphatic rings. The Labute approximate surface area is 178 Å². The van der Waals surface area contributed by atoms with Crippen molar-refractivity contribution in [3.63, 3.8) is 0 Å². The number of hydrogen-bond donors (Lipinski definition) is 2. The molecule has 0 aliphatic carbocycles. The SMILES string of the molecule is CCOC(=O)c1sc(C(C)NC(=NC)NCCCN2CCCN(C)CC2)nc1C. The first-order chi connectivity index (χ1) is 13.9. The highest BCUT2D eigenvalue weighted by molar-refractivity contribution is 7.13. The molecule has 0 spiro atoms. The Bertz CT molecular complexity index is 678. The van der Waals surface area contributed by atoms with Gasteiger partial charge in [-0.2, -0.15) is 0 Å². The molecule has 2 heterocycles. The number of esters is 1. The maximum absolute atomic E-state index is 12.0. The molecule has 1 atom stereocenters. The lowest BCUT2D eigenvalue weighted by Crippen LogP contribution is -2.40. The summed E-state index contributed by atoms with van der Waals surface area (Å²) < 4.78 is 5.10. The van der Waals surface area contributed by atoms with E-state index in [4.69, 9.17) is 4.74 Å². The van der Waals surface area contributed by atoms with Crippen molar-refractivity contribution in [2.75, 3.05) is 60.0 Å². The van der Waals surface area contributed by atoms with Crippen molar-refractivity contribution in [1.29, 1.82) is 0 Å². The van der Waals surface area contributed by atoms with Gasteiger partial charge in [-0.3, -0.25) is 4.99 Å². The van der Waals surface area contributed by atoms with E-state index < -0.39 is 0 Å². The van der Waals surface area contributed by atoms with Gasteiger partial charge in [-0.1, -0.05) is 0 Å². The molecular weight excluding hydrogens is 388 g/mol. The molecule has 0 aromatic carbocycles. The van der Waals surface area contributed by atoms with Crippen molar-refractivity contribution < 1.29 is 9.53 Å². The molecule has 2 rings (SSSR count). The lowest BCUT2D eigenvalue weighted by Gasteiger charge is -2.21. The van der Waals surface area contributed by atoms with E-state index in [0.29, 0.717) is 17.2 Å². The molecule has 1 aromatic rings. The van der Waals surface area contributed by atoms with E-state index in [1.54, 1.807) is 14.0 Å². The van der Waals surface area contributed by atoms with Gasteiger partial charge >= 0.3 is 5.97 Å². The number of carbonyl (C=O) groups excluding carboxylic acids is 1. The van der Waals surface area contributed by atoms with Crippen LogP contribution in [0.3, 0.4) is 0 Å². The molecule has 1 fully saturated rings. The number of aromatic nitrogens is 1.